The van der Waals surface area contributed by atoms with Crippen LogP contribution in [0, 0.1) is 6.92 Å². The quantitative estimate of drug-likeness (QED) is 0.795. The van der Waals surface area contributed by atoms with Gasteiger partial charge in [0.25, 0.3) is 0 Å². The minimum Gasteiger partial charge on any atom is -0.378 e. The molecule has 0 radical (unpaired) electrons. The van der Waals surface area contributed by atoms with Gasteiger partial charge in [-0.2, -0.15) is 0 Å². The molecule has 128 valence electrons. The van der Waals surface area contributed by atoms with E-state index in [9.17, 15) is 0 Å². The molecule has 1 aliphatic heterocycles. The fourth-order valence-corrected chi connectivity index (χ4v) is 3.16. The number of nitrogens with one attached hydrogen (secondary N) is 1. The lowest BCUT2D eigenvalue weighted by atomic mass is 10.1. The normalized spacial score (nSPS) is 18.4. The molecule has 0 saturated carbocycles. The van der Waals surface area contributed by atoms with Gasteiger partial charge in [0.2, 0.25) is 0 Å². The number of hydrogen-bond acceptors (Lipinski definition) is 4. The first-order valence-electron chi connectivity index (χ1n) is 8.63. The zero-order valence-corrected chi connectivity index (χ0v) is 14.4. The Balaban J connectivity index is 1.55. The van der Waals surface area contributed by atoms with Gasteiger partial charge in [0.1, 0.15) is 5.82 Å². The third-order valence-corrected chi connectivity index (χ3v) is 4.60. The topological polar surface area (TPSA) is 54.0 Å². The molecule has 3 aromatic rings. The highest BCUT2D eigenvalue weighted by Crippen LogP contribution is 2.26. The molecule has 25 heavy (non-hydrogen) atoms. The Hall–Kier alpha value is -2.50. The van der Waals surface area contributed by atoms with Gasteiger partial charge in [0.15, 0.2) is 0 Å². The summed E-state index contributed by atoms with van der Waals surface area (Å²) in [6, 6.07) is 14.6. The van der Waals surface area contributed by atoms with Crippen LogP contribution in [-0.2, 0) is 11.3 Å². The van der Waals surface area contributed by atoms with Gasteiger partial charge in [-0.25, -0.2) is 4.98 Å². The number of rotatable bonds is 4. The van der Waals surface area contributed by atoms with E-state index in [-0.39, 0.29) is 6.04 Å². The van der Waals surface area contributed by atoms with E-state index < -0.39 is 0 Å². The molecule has 1 saturated heterocycles. The SMILES string of the molecule is Cc1ccc(-c2cnc([C@@H]3COCCN3Cc3ccccn3)[nH]2)cc1. The third kappa shape index (κ3) is 3.62. The molecule has 3 heterocycles. The van der Waals surface area contributed by atoms with E-state index in [1.54, 1.807) is 0 Å². The van der Waals surface area contributed by atoms with Crippen molar-refractivity contribution in [2.24, 2.45) is 0 Å². The minimum absolute atomic E-state index is 0.120. The molecule has 1 aliphatic rings. The third-order valence-electron chi connectivity index (χ3n) is 4.60. The first-order chi connectivity index (χ1) is 12.3. The molecule has 4 rings (SSSR count). The number of morpholine rings is 1. The van der Waals surface area contributed by atoms with Gasteiger partial charge in [0.05, 0.1) is 36.8 Å². The summed E-state index contributed by atoms with van der Waals surface area (Å²) in [4.78, 5) is 14.9. The Bertz CT molecular complexity index is 813. The smallest absolute Gasteiger partial charge is 0.126 e. The molecule has 5 heteroatoms. The Morgan fingerprint density at radius 3 is 2.84 bits per heavy atom. The number of nitrogens with zero attached hydrogens (tertiary/aromatic N) is 3. The van der Waals surface area contributed by atoms with Crippen LogP contribution in [0.3, 0.4) is 0 Å². The van der Waals surface area contributed by atoms with Crippen LogP contribution < -0.4 is 0 Å². The summed E-state index contributed by atoms with van der Waals surface area (Å²) >= 11 is 0. The molecule has 0 aliphatic carbocycles. The summed E-state index contributed by atoms with van der Waals surface area (Å²) in [5.41, 5.74) is 4.51. The van der Waals surface area contributed by atoms with Gasteiger partial charge in [-0.15, -0.1) is 0 Å². The van der Waals surface area contributed by atoms with Gasteiger partial charge in [-0.1, -0.05) is 35.9 Å². The molecule has 0 amide bonds. The minimum atomic E-state index is 0.120. The highest BCUT2D eigenvalue weighted by atomic mass is 16.5. The lowest BCUT2D eigenvalue weighted by Crippen LogP contribution is -2.39. The van der Waals surface area contributed by atoms with Crippen molar-refractivity contribution in [2.75, 3.05) is 19.8 Å². The van der Waals surface area contributed by atoms with E-state index in [0.717, 1.165) is 42.5 Å². The molecule has 0 bridgehead atoms. The average Bonchev–Trinajstić information content (AvgIpc) is 3.14. The maximum absolute atomic E-state index is 5.71. The first-order valence-corrected chi connectivity index (χ1v) is 8.63. The van der Waals surface area contributed by atoms with Crippen LogP contribution in [-0.4, -0.2) is 39.6 Å². The molecule has 0 spiro atoms. The van der Waals surface area contributed by atoms with E-state index in [4.69, 9.17) is 4.74 Å². The van der Waals surface area contributed by atoms with Crippen molar-refractivity contribution in [2.45, 2.75) is 19.5 Å². The number of imidazole rings is 1. The van der Waals surface area contributed by atoms with Crippen molar-refractivity contribution in [3.63, 3.8) is 0 Å². The van der Waals surface area contributed by atoms with Crippen molar-refractivity contribution in [3.8, 4) is 11.3 Å². The maximum atomic E-state index is 5.71. The lowest BCUT2D eigenvalue weighted by molar-refractivity contribution is -0.0161. The monoisotopic (exact) mass is 334 g/mol. The van der Waals surface area contributed by atoms with Gasteiger partial charge < -0.3 is 9.72 Å². The molecule has 1 atom stereocenters. The van der Waals surface area contributed by atoms with Gasteiger partial charge >= 0.3 is 0 Å². The Morgan fingerprint density at radius 2 is 2.04 bits per heavy atom. The summed E-state index contributed by atoms with van der Waals surface area (Å²) in [5, 5.41) is 0. The maximum Gasteiger partial charge on any atom is 0.126 e. The average molecular weight is 334 g/mol. The highest BCUT2D eigenvalue weighted by Gasteiger charge is 2.27. The largest absolute Gasteiger partial charge is 0.378 e. The number of H-pyrrole nitrogens is 1. The van der Waals surface area contributed by atoms with E-state index in [2.05, 4.69) is 57.1 Å². The van der Waals surface area contributed by atoms with Crippen LogP contribution >= 0.6 is 0 Å². The van der Waals surface area contributed by atoms with Crippen LogP contribution in [0.4, 0.5) is 0 Å². The predicted molar refractivity (Wildman–Crippen MR) is 97.0 cm³/mol. The molecule has 1 aromatic carbocycles. The molecule has 2 aromatic heterocycles. The molecule has 1 N–H and O–H groups in total. The number of hydrogen-bond donors (Lipinski definition) is 1. The van der Waals surface area contributed by atoms with Crippen LogP contribution in [0.15, 0.2) is 54.9 Å². The first kappa shape index (κ1) is 16.0. The number of aromatic nitrogens is 3. The van der Waals surface area contributed by atoms with Gasteiger partial charge in [-0.05, 0) is 24.6 Å². The van der Waals surface area contributed by atoms with Crippen LogP contribution in [0.5, 0.6) is 0 Å². The molecule has 5 nitrogen and oxygen atoms in total. The van der Waals surface area contributed by atoms with Crippen molar-refractivity contribution in [3.05, 3.63) is 71.9 Å². The number of aromatic amines is 1. The fourth-order valence-electron chi connectivity index (χ4n) is 3.16. The molecular formula is C20H22N4O. The number of aryl methyl sites for hydroxylation is 1. The van der Waals surface area contributed by atoms with E-state index >= 15 is 0 Å². The lowest BCUT2D eigenvalue weighted by Gasteiger charge is -2.34. The van der Waals surface area contributed by atoms with Crippen LogP contribution in [0.1, 0.15) is 23.1 Å². The van der Waals surface area contributed by atoms with Crippen molar-refractivity contribution < 1.29 is 4.74 Å². The van der Waals surface area contributed by atoms with E-state index in [1.807, 2.05) is 24.5 Å². The number of pyridine rings is 1. The molecule has 1 fully saturated rings. The number of ether oxygens (including phenoxy) is 1. The van der Waals surface area contributed by atoms with Crippen molar-refractivity contribution in [1.29, 1.82) is 0 Å². The fraction of sp³-hybridized carbons (Fsp3) is 0.300. The van der Waals surface area contributed by atoms with Crippen molar-refractivity contribution in [1.82, 2.24) is 19.9 Å². The summed E-state index contributed by atoms with van der Waals surface area (Å²) in [6.07, 6.45) is 3.75. The van der Waals surface area contributed by atoms with Gasteiger partial charge in [-0.3, -0.25) is 9.88 Å². The van der Waals surface area contributed by atoms with Crippen molar-refractivity contribution >= 4 is 0 Å². The summed E-state index contributed by atoms with van der Waals surface area (Å²) < 4.78 is 5.71. The Labute approximate surface area is 147 Å². The van der Waals surface area contributed by atoms with E-state index in [0.29, 0.717) is 6.61 Å². The zero-order chi connectivity index (χ0) is 17.1. The van der Waals surface area contributed by atoms with Crippen LogP contribution in [0.25, 0.3) is 11.3 Å². The summed E-state index contributed by atoms with van der Waals surface area (Å²) in [6.45, 7) is 5.16. The Morgan fingerprint density at radius 1 is 1.16 bits per heavy atom. The zero-order valence-electron chi connectivity index (χ0n) is 14.4. The van der Waals surface area contributed by atoms with Gasteiger partial charge in [0, 0.05) is 19.3 Å². The highest BCUT2D eigenvalue weighted by molar-refractivity contribution is 5.58. The second kappa shape index (κ2) is 7.17. The summed E-state index contributed by atoms with van der Waals surface area (Å²) in [5.74, 6) is 0.950. The standard InChI is InChI=1S/C20H22N4O/c1-15-5-7-16(8-6-15)18-12-22-20(23-18)19-14-25-11-10-24(19)13-17-4-2-3-9-21-17/h2-9,12,19H,10-11,13-14H2,1H3,(H,22,23)/t19-/m0/s1. The summed E-state index contributed by atoms with van der Waals surface area (Å²) in [7, 11) is 0. The predicted octanol–water partition coefficient (Wildman–Crippen LogP) is 3.35. The second-order valence-electron chi connectivity index (χ2n) is 6.43. The molecule has 0 unspecified atom stereocenters. The Kier molecular flexibility index (Phi) is 4.59. The van der Waals surface area contributed by atoms with Crippen LogP contribution in [0.2, 0.25) is 0 Å². The molecular weight excluding hydrogens is 312 g/mol. The van der Waals surface area contributed by atoms with E-state index in [1.165, 1.54) is 5.56 Å². The number of benzene rings is 1. The second-order valence-corrected chi connectivity index (χ2v) is 6.43.